The standard InChI is InChI=1S/C19H21N3O2/c1-13-10-17-18(11-14(13)2)22(12-20-17)9-8-19(23)21-15-4-6-16(24-3)7-5-15/h4-7,10-12H,8-9H2,1-3H3,(H,21,23). The maximum Gasteiger partial charge on any atom is 0.226 e. The van der Waals surface area contributed by atoms with Gasteiger partial charge in [0.15, 0.2) is 0 Å². The van der Waals surface area contributed by atoms with Gasteiger partial charge in [-0.3, -0.25) is 4.79 Å². The van der Waals surface area contributed by atoms with Crippen LogP contribution in [0.15, 0.2) is 42.7 Å². The van der Waals surface area contributed by atoms with Crippen LogP contribution in [-0.4, -0.2) is 22.6 Å². The quantitative estimate of drug-likeness (QED) is 0.779. The molecule has 0 bridgehead atoms. The first kappa shape index (κ1) is 16.1. The van der Waals surface area contributed by atoms with Gasteiger partial charge in [0, 0.05) is 18.7 Å². The molecule has 1 N–H and O–H groups in total. The lowest BCUT2D eigenvalue weighted by Gasteiger charge is -2.08. The second-order valence-corrected chi connectivity index (χ2v) is 5.89. The minimum absolute atomic E-state index is 0.0224. The van der Waals surface area contributed by atoms with E-state index in [4.69, 9.17) is 4.74 Å². The van der Waals surface area contributed by atoms with E-state index >= 15 is 0 Å². The summed E-state index contributed by atoms with van der Waals surface area (Å²) in [6.45, 7) is 4.76. The largest absolute Gasteiger partial charge is 0.497 e. The van der Waals surface area contributed by atoms with Gasteiger partial charge in [0.1, 0.15) is 5.75 Å². The van der Waals surface area contributed by atoms with Crippen molar-refractivity contribution in [3.05, 3.63) is 53.9 Å². The van der Waals surface area contributed by atoms with Crippen LogP contribution in [0.25, 0.3) is 11.0 Å². The maximum absolute atomic E-state index is 12.1. The Bertz CT molecular complexity index is 866. The number of nitrogens with zero attached hydrogens (tertiary/aromatic N) is 2. The summed E-state index contributed by atoms with van der Waals surface area (Å²) in [5, 5.41) is 2.90. The Hall–Kier alpha value is -2.82. The van der Waals surface area contributed by atoms with Crippen molar-refractivity contribution in [2.45, 2.75) is 26.8 Å². The lowest BCUT2D eigenvalue weighted by Crippen LogP contribution is -2.14. The van der Waals surface area contributed by atoms with Gasteiger partial charge in [-0.05, 0) is 61.4 Å². The number of aryl methyl sites for hydroxylation is 3. The zero-order valence-corrected chi connectivity index (χ0v) is 14.2. The zero-order valence-electron chi connectivity index (χ0n) is 14.2. The van der Waals surface area contributed by atoms with Gasteiger partial charge in [-0.15, -0.1) is 0 Å². The maximum atomic E-state index is 12.1. The Balaban J connectivity index is 1.64. The summed E-state index contributed by atoms with van der Waals surface area (Å²) in [5.41, 5.74) is 5.25. The highest BCUT2D eigenvalue weighted by atomic mass is 16.5. The van der Waals surface area contributed by atoms with E-state index in [2.05, 4.69) is 36.3 Å². The first-order chi connectivity index (χ1) is 11.6. The first-order valence-corrected chi connectivity index (χ1v) is 7.93. The molecule has 2 aromatic carbocycles. The third-order valence-corrected chi connectivity index (χ3v) is 4.19. The molecule has 1 heterocycles. The smallest absolute Gasteiger partial charge is 0.226 e. The molecule has 0 aliphatic carbocycles. The van der Waals surface area contributed by atoms with Crippen molar-refractivity contribution in [2.75, 3.05) is 12.4 Å². The summed E-state index contributed by atoms with van der Waals surface area (Å²) in [6, 6.07) is 11.5. The number of aromatic nitrogens is 2. The normalized spacial score (nSPS) is 10.8. The Labute approximate surface area is 141 Å². The number of imidazole rings is 1. The third-order valence-electron chi connectivity index (χ3n) is 4.19. The molecular formula is C19H21N3O2. The molecule has 0 radical (unpaired) electrons. The van der Waals surface area contributed by atoms with Gasteiger partial charge in [-0.2, -0.15) is 0 Å². The summed E-state index contributed by atoms with van der Waals surface area (Å²) in [4.78, 5) is 16.6. The van der Waals surface area contributed by atoms with E-state index in [0.29, 0.717) is 13.0 Å². The van der Waals surface area contributed by atoms with E-state index in [-0.39, 0.29) is 5.91 Å². The summed E-state index contributed by atoms with van der Waals surface area (Å²) in [6.07, 6.45) is 2.19. The van der Waals surface area contributed by atoms with Crippen LogP contribution in [0.3, 0.4) is 0 Å². The first-order valence-electron chi connectivity index (χ1n) is 7.93. The van der Waals surface area contributed by atoms with E-state index in [0.717, 1.165) is 22.5 Å². The van der Waals surface area contributed by atoms with Crippen molar-refractivity contribution in [3.63, 3.8) is 0 Å². The van der Waals surface area contributed by atoms with Gasteiger partial charge >= 0.3 is 0 Å². The second-order valence-electron chi connectivity index (χ2n) is 5.89. The van der Waals surface area contributed by atoms with E-state index in [9.17, 15) is 4.79 Å². The molecule has 0 unspecified atom stereocenters. The topological polar surface area (TPSA) is 56.1 Å². The summed E-state index contributed by atoms with van der Waals surface area (Å²) < 4.78 is 7.13. The number of ether oxygens (including phenoxy) is 1. The fourth-order valence-electron chi connectivity index (χ4n) is 2.61. The van der Waals surface area contributed by atoms with Crippen LogP contribution in [0.1, 0.15) is 17.5 Å². The molecule has 3 rings (SSSR count). The number of hydrogen-bond acceptors (Lipinski definition) is 3. The molecule has 5 nitrogen and oxygen atoms in total. The Morgan fingerprint density at radius 3 is 2.58 bits per heavy atom. The molecule has 0 fully saturated rings. The number of rotatable bonds is 5. The Morgan fingerprint density at radius 1 is 1.17 bits per heavy atom. The molecule has 0 saturated heterocycles. The van der Waals surface area contributed by atoms with E-state index in [1.807, 2.05) is 28.8 Å². The SMILES string of the molecule is COc1ccc(NC(=O)CCn2cnc3cc(C)c(C)cc32)cc1. The molecule has 24 heavy (non-hydrogen) atoms. The molecule has 3 aromatic rings. The van der Waals surface area contributed by atoms with Crippen molar-refractivity contribution >= 4 is 22.6 Å². The Kier molecular flexibility index (Phi) is 4.51. The number of fused-ring (bicyclic) bond motifs is 1. The minimum Gasteiger partial charge on any atom is -0.497 e. The van der Waals surface area contributed by atoms with Crippen LogP contribution in [0, 0.1) is 13.8 Å². The molecule has 1 aromatic heterocycles. The lowest BCUT2D eigenvalue weighted by atomic mass is 10.1. The molecular weight excluding hydrogens is 302 g/mol. The number of anilines is 1. The lowest BCUT2D eigenvalue weighted by molar-refractivity contribution is -0.116. The molecule has 0 saturated carbocycles. The fraction of sp³-hybridized carbons (Fsp3) is 0.263. The van der Waals surface area contributed by atoms with Crippen LogP contribution in [0.2, 0.25) is 0 Å². The number of carbonyl (C=O) groups is 1. The number of benzene rings is 2. The van der Waals surface area contributed by atoms with Crippen molar-refractivity contribution in [3.8, 4) is 5.75 Å². The van der Waals surface area contributed by atoms with Crippen LogP contribution in [-0.2, 0) is 11.3 Å². The average Bonchev–Trinajstić information content (AvgIpc) is 2.96. The van der Waals surface area contributed by atoms with Crippen LogP contribution >= 0.6 is 0 Å². The fourth-order valence-corrected chi connectivity index (χ4v) is 2.61. The van der Waals surface area contributed by atoms with Crippen LogP contribution in [0.4, 0.5) is 5.69 Å². The average molecular weight is 323 g/mol. The molecule has 0 aliphatic heterocycles. The predicted molar refractivity (Wildman–Crippen MR) is 95.4 cm³/mol. The Morgan fingerprint density at radius 2 is 1.88 bits per heavy atom. The summed E-state index contributed by atoms with van der Waals surface area (Å²) in [5.74, 6) is 0.745. The monoisotopic (exact) mass is 323 g/mol. The molecule has 0 aliphatic rings. The van der Waals surface area contributed by atoms with E-state index in [1.54, 1.807) is 13.4 Å². The van der Waals surface area contributed by atoms with Crippen LogP contribution in [0.5, 0.6) is 5.75 Å². The van der Waals surface area contributed by atoms with Crippen molar-refractivity contribution in [2.24, 2.45) is 0 Å². The predicted octanol–water partition coefficient (Wildman–Crippen LogP) is 3.69. The van der Waals surface area contributed by atoms with Gasteiger partial charge in [-0.25, -0.2) is 4.98 Å². The van der Waals surface area contributed by atoms with E-state index < -0.39 is 0 Å². The van der Waals surface area contributed by atoms with E-state index in [1.165, 1.54) is 11.1 Å². The van der Waals surface area contributed by atoms with Gasteiger partial charge in [0.2, 0.25) is 5.91 Å². The molecule has 0 atom stereocenters. The van der Waals surface area contributed by atoms with Gasteiger partial charge in [-0.1, -0.05) is 0 Å². The van der Waals surface area contributed by atoms with Crippen molar-refractivity contribution in [1.29, 1.82) is 0 Å². The van der Waals surface area contributed by atoms with Crippen LogP contribution < -0.4 is 10.1 Å². The number of methoxy groups -OCH3 is 1. The highest BCUT2D eigenvalue weighted by molar-refractivity contribution is 5.90. The number of nitrogens with one attached hydrogen (secondary N) is 1. The number of carbonyl (C=O) groups excluding carboxylic acids is 1. The van der Waals surface area contributed by atoms with Gasteiger partial charge in [0.25, 0.3) is 0 Å². The molecule has 0 spiro atoms. The number of hydrogen-bond donors (Lipinski definition) is 1. The molecule has 1 amide bonds. The third kappa shape index (κ3) is 3.40. The zero-order chi connectivity index (χ0) is 17.1. The summed E-state index contributed by atoms with van der Waals surface area (Å²) >= 11 is 0. The highest BCUT2D eigenvalue weighted by Crippen LogP contribution is 2.19. The molecule has 5 heteroatoms. The van der Waals surface area contributed by atoms with Crippen molar-refractivity contribution in [1.82, 2.24) is 9.55 Å². The molecule has 124 valence electrons. The van der Waals surface area contributed by atoms with Gasteiger partial charge < -0.3 is 14.6 Å². The van der Waals surface area contributed by atoms with Gasteiger partial charge in [0.05, 0.1) is 24.5 Å². The number of amides is 1. The second kappa shape index (κ2) is 6.74. The summed E-state index contributed by atoms with van der Waals surface area (Å²) in [7, 11) is 1.62. The van der Waals surface area contributed by atoms with Crippen molar-refractivity contribution < 1.29 is 9.53 Å². The minimum atomic E-state index is -0.0224. The highest BCUT2D eigenvalue weighted by Gasteiger charge is 2.08.